The van der Waals surface area contributed by atoms with Gasteiger partial charge in [-0.1, -0.05) is 13.3 Å². The van der Waals surface area contributed by atoms with Crippen LogP contribution in [0.1, 0.15) is 46.0 Å². The SMILES string of the molecule is CCOc1ccc(N2C(=O)C[C@H](N3CCCC[C@H]3CC)C2=O)cc1. The summed E-state index contributed by atoms with van der Waals surface area (Å²) in [6.07, 6.45) is 4.77. The number of benzene rings is 1. The molecule has 2 aliphatic heterocycles. The number of hydrogen-bond donors (Lipinski definition) is 0. The van der Waals surface area contributed by atoms with Gasteiger partial charge in [-0.2, -0.15) is 0 Å². The Bertz CT molecular complexity index is 599. The third-order valence-electron chi connectivity index (χ3n) is 5.07. The summed E-state index contributed by atoms with van der Waals surface area (Å²) in [5.74, 6) is 0.568. The molecule has 0 unspecified atom stereocenters. The molecule has 130 valence electrons. The second kappa shape index (κ2) is 7.34. The Kier molecular flexibility index (Phi) is 5.19. The van der Waals surface area contributed by atoms with Crippen LogP contribution in [0.15, 0.2) is 24.3 Å². The first-order valence-corrected chi connectivity index (χ1v) is 9.01. The highest BCUT2D eigenvalue weighted by molar-refractivity contribution is 6.22. The zero-order valence-electron chi connectivity index (χ0n) is 14.5. The smallest absolute Gasteiger partial charge is 0.251 e. The molecule has 0 aromatic heterocycles. The van der Waals surface area contributed by atoms with Crippen molar-refractivity contribution in [3.8, 4) is 5.75 Å². The summed E-state index contributed by atoms with van der Waals surface area (Å²) in [4.78, 5) is 29.0. The standard InChI is InChI=1S/C19H26N2O3/c1-3-14-7-5-6-12-20(14)17-13-18(22)21(19(17)23)15-8-10-16(11-9-15)24-4-2/h8-11,14,17H,3-7,12-13H2,1-2H3/t14-,17+/m1/s1. The second-order valence-electron chi connectivity index (χ2n) is 6.51. The van der Waals surface area contributed by atoms with E-state index in [1.54, 1.807) is 12.1 Å². The lowest BCUT2D eigenvalue weighted by Crippen LogP contribution is -2.49. The molecular weight excluding hydrogens is 304 g/mol. The van der Waals surface area contributed by atoms with Crippen LogP contribution in [0, 0.1) is 0 Å². The Labute approximate surface area is 143 Å². The molecule has 2 atom stereocenters. The van der Waals surface area contributed by atoms with E-state index in [0.717, 1.165) is 31.6 Å². The maximum absolute atomic E-state index is 12.9. The van der Waals surface area contributed by atoms with Gasteiger partial charge in [0.2, 0.25) is 5.91 Å². The zero-order valence-corrected chi connectivity index (χ0v) is 14.5. The van der Waals surface area contributed by atoms with Crippen molar-refractivity contribution < 1.29 is 14.3 Å². The average molecular weight is 330 g/mol. The maximum atomic E-state index is 12.9. The molecule has 24 heavy (non-hydrogen) atoms. The van der Waals surface area contributed by atoms with Crippen LogP contribution in [-0.4, -0.2) is 41.9 Å². The van der Waals surface area contributed by atoms with Gasteiger partial charge in [0.15, 0.2) is 0 Å². The molecular formula is C19H26N2O3. The van der Waals surface area contributed by atoms with E-state index < -0.39 is 0 Å². The van der Waals surface area contributed by atoms with Gasteiger partial charge in [-0.3, -0.25) is 14.5 Å². The van der Waals surface area contributed by atoms with Crippen LogP contribution in [-0.2, 0) is 9.59 Å². The Morgan fingerprint density at radius 2 is 1.88 bits per heavy atom. The van der Waals surface area contributed by atoms with Gasteiger partial charge in [0, 0.05) is 6.04 Å². The minimum absolute atomic E-state index is 0.0792. The fourth-order valence-corrected chi connectivity index (χ4v) is 3.88. The molecule has 1 aromatic carbocycles. The van der Waals surface area contributed by atoms with Gasteiger partial charge < -0.3 is 4.74 Å². The van der Waals surface area contributed by atoms with Gasteiger partial charge in [-0.15, -0.1) is 0 Å². The first-order valence-electron chi connectivity index (χ1n) is 9.01. The summed E-state index contributed by atoms with van der Waals surface area (Å²) < 4.78 is 5.43. The summed E-state index contributed by atoms with van der Waals surface area (Å²) in [6.45, 7) is 5.60. The van der Waals surface area contributed by atoms with Gasteiger partial charge in [0.25, 0.3) is 5.91 Å². The number of piperidine rings is 1. The van der Waals surface area contributed by atoms with Crippen molar-refractivity contribution in [1.82, 2.24) is 4.90 Å². The summed E-state index contributed by atoms with van der Waals surface area (Å²) in [5, 5.41) is 0. The highest BCUT2D eigenvalue weighted by atomic mass is 16.5. The molecule has 2 heterocycles. The number of imide groups is 1. The minimum Gasteiger partial charge on any atom is -0.494 e. The van der Waals surface area contributed by atoms with E-state index in [1.165, 1.54) is 11.3 Å². The molecule has 0 bridgehead atoms. The lowest BCUT2D eigenvalue weighted by atomic mass is 9.97. The largest absolute Gasteiger partial charge is 0.494 e. The van der Waals surface area contributed by atoms with Crippen molar-refractivity contribution in [2.75, 3.05) is 18.1 Å². The van der Waals surface area contributed by atoms with E-state index in [9.17, 15) is 9.59 Å². The molecule has 2 amide bonds. The molecule has 0 radical (unpaired) electrons. The molecule has 3 rings (SSSR count). The van der Waals surface area contributed by atoms with Crippen molar-refractivity contribution in [2.24, 2.45) is 0 Å². The topological polar surface area (TPSA) is 49.9 Å². The van der Waals surface area contributed by atoms with Gasteiger partial charge in [-0.25, -0.2) is 4.90 Å². The van der Waals surface area contributed by atoms with Crippen LogP contribution in [0.5, 0.6) is 5.75 Å². The lowest BCUT2D eigenvalue weighted by Gasteiger charge is -2.38. The van der Waals surface area contributed by atoms with E-state index in [1.807, 2.05) is 19.1 Å². The predicted octanol–water partition coefficient (Wildman–Crippen LogP) is 2.98. The first kappa shape index (κ1) is 17.0. The fraction of sp³-hybridized carbons (Fsp3) is 0.579. The fourth-order valence-electron chi connectivity index (χ4n) is 3.88. The maximum Gasteiger partial charge on any atom is 0.251 e. The molecule has 5 heteroatoms. The number of likely N-dealkylation sites (tertiary alicyclic amines) is 1. The van der Waals surface area contributed by atoms with E-state index in [0.29, 0.717) is 24.8 Å². The lowest BCUT2D eigenvalue weighted by molar-refractivity contribution is -0.123. The monoisotopic (exact) mass is 330 g/mol. The summed E-state index contributed by atoms with van der Waals surface area (Å²) in [5.41, 5.74) is 0.640. The molecule has 1 aromatic rings. The summed E-state index contributed by atoms with van der Waals surface area (Å²) in [7, 11) is 0. The molecule has 2 fully saturated rings. The third-order valence-corrected chi connectivity index (χ3v) is 5.07. The highest BCUT2D eigenvalue weighted by Gasteiger charge is 2.44. The number of anilines is 1. The highest BCUT2D eigenvalue weighted by Crippen LogP contribution is 2.31. The van der Waals surface area contributed by atoms with Gasteiger partial charge in [-0.05, 0) is 57.0 Å². The number of carbonyl (C=O) groups excluding carboxylic acids is 2. The minimum atomic E-state index is -0.297. The van der Waals surface area contributed by atoms with Crippen LogP contribution in [0.3, 0.4) is 0 Å². The molecule has 2 saturated heterocycles. The molecule has 2 aliphatic rings. The van der Waals surface area contributed by atoms with Crippen LogP contribution >= 0.6 is 0 Å². The molecule has 0 aliphatic carbocycles. The third kappa shape index (κ3) is 3.18. The van der Waals surface area contributed by atoms with Crippen LogP contribution in [0.25, 0.3) is 0 Å². The number of hydrogen-bond acceptors (Lipinski definition) is 4. The molecule has 0 saturated carbocycles. The Balaban J connectivity index is 1.78. The predicted molar refractivity (Wildman–Crippen MR) is 93.1 cm³/mol. The summed E-state index contributed by atoms with van der Waals surface area (Å²) >= 11 is 0. The van der Waals surface area contributed by atoms with Gasteiger partial charge >= 0.3 is 0 Å². The van der Waals surface area contributed by atoms with Crippen LogP contribution in [0.2, 0.25) is 0 Å². The summed E-state index contributed by atoms with van der Waals surface area (Å²) in [6, 6.07) is 7.31. The molecule has 0 N–H and O–H groups in total. The van der Waals surface area contributed by atoms with E-state index in [2.05, 4.69) is 11.8 Å². The van der Waals surface area contributed by atoms with E-state index in [4.69, 9.17) is 4.74 Å². The molecule has 0 spiro atoms. The van der Waals surface area contributed by atoms with Gasteiger partial charge in [0.05, 0.1) is 24.8 Å². The van der Waals surface area contributed by atoms with Crippen molar-refractivity contribution in [2.45, 2.75) is 58.0 Å². The van der Waals surface area contributed by atoms with Crippen molar-refractivity contribution in [1.29, 1.82) is 0 Å². The first-order chi connectivity index (χ1) is 11.7. The van der Waals surface area contributed by atoms with Crippen molar-refractivity contribution in [3.05, 3.63) is 24.3 Å². The number of carbonyl (C=O) groups is 2. The number of amides is 2. The number of rotatable bonds is 5. The van der Waals surface area contributed by atoms with E-state index in [-0.39, 0.29) is 17.9 Å². The number of nitrogens with zero attached hydrogens (tertiary/aromatic N) is 2. The second-order valence-corrected chi connectivity index (χ2v) is 6.51. The van der Waals surface area contributed by atoms with E-state index >= 15 is 0 Å². The van der Waals surface area contributed by atoms with Crippen molar-refractivity contribution >= 4 is 17.5 Å². The van der Waals surface area contributed by atoms with Crippen molar-refractivity contribution in [3.63, 3.8) is 0 Å². The Morgan fingerprint density at radius 1 is 1.12 bits per heavy atom. The Morgan fingerprint density at radius 3 is 2.54 bits per heavy atom. The average Bonchev–Trinajstić information content (AvgIpc) is 2.90. The quantitative estimate of drug-likeness (QED) is 0.779. The Hall–Kier alpha value is -1.88. The normalized spacial score (nSPS) is 25.3. The zero-order chi connectivity index (χ0) is 17.1. The number of ether oxygens (including phenoxy) is 1. The van der Waals surface area contributed by atoms with Gasteiger partial charge in [0.1, 0.15) is 5.75 Å². The van der Waals surface area contributed by atoms with Crippen LogP contribution < -0.4 is 9.64 Å². The molecule has 5 nitrogen and oxygen atoms in total. The van der Waals surface area contributed by atoms with Crippen LogP contribution in [0.4, 0.5) is 5.69 Å².